The molecule has 2 aromatic carbocycles. The molecule has 4 fully saturated rings. The summed E-state index contributed by atoms with van der Waals surface area (Å²) in [6.07, 6.45) is 10.2. The number of fused-ring (bicyclic) bond motifs is 6. The minimum absolute atomic E-state index is 0.319. The van der Waals surface area contributed by atoms with Crippen molar-refractivity contribution in [3.63, 3.8) is 0 Å². The molecule has 0 amide bonds. The van der Waals surface area contributed by atoms with Crippen molar-refractivity contribution in [3.8, 4) is 22.5 Å². The van der Waals surface area contributed by atoms with E-state index in [2.05, 4.69) is 45.9 Å². The van der Waals surface area contributed by atoms with Crippen molar-refractivity contribution in [3.05, 3.63) is 71.6 Å². The zero-order valence-corrected chi connectivity index (χ0v) is 20.9. The number of carboxylic acid groups (broad SMARTS) is 1. The Kier molecular flexibility index (Phi) is 4.61. The number of nitrogens with zero attached hydrogens (tertiary/aromatic N) is 2. The van der Waals surface area contributed by atoms with Crippen molar-refractivity contribution >= 4 is 22.6 Å². The lowest BCUT2D eigenvalue weighted by atomic mass is 9.90. The lowest BCUT2D eigenvalue weighted by molar-refractivity contribution is 0.0697. The van der Waals surface area contributed by atoms with Crippen LogP contribution in [0.15, 0.2) is 65.1 Å². The first-order valence-corrected chi connectivity index (χ1v) is 13.9. The van der Waals surface area contributed by atoms with Crippen LogP contribution < -0.4 is 14.8 Å². The van der Waals surface area contributed by atoms with Crippen LogP contribution in [-0.4, -0.2) is 35.2 Å². The fourth-order valence-corrected chi connectivity index (χ4v) is 8.04. The van der Waals surface area contributed by atoms with Gasteiger partial charge in [-0.05, 0) is 55.5 Å². The maximum atomic E-state index is 12.2. The third kappa shape index (κ3) is 3.16. The smallest absolute Gasteiger partial charge is 0.336 e. The van der Waals surface area contributed by atoms with E-state index in [0.717, 1.165) is 33.4 Å². The van der Waals surface area contributed by atoms with Gasteiger partial charge in [0, 0.05) is 72.1 Å². The molecule has 2 aromatic rings. The molecule has 4 bridgehead atoms. The average Bonchev–Trinajstić information content (AvgIpc) is 3.72. The molecule has 37 heavy (non-hydrogen) atoms. The van der Waals surface area contributed by atoms with Crippen LogP contribution in [0.25, 0.3) is 33.4 Å². The maximum Gasteiger partial charge on any atom is 0.336 e. The Morgan fingerprint density at radius 1 is 0.811 bits per heavy atom. The molecule has 0 saturated carbocycles. The molecule has 6 aliphatic rings. The molecular formula is C32H31N2O3+. The van der Waals surface area contributed by atoms with E-state index in [0.29, 0.717) is 29.7 Å². The lowest BCUT2D eigenvalue weighted by Gasteiger charge is -2.25. The van der Waals surface area contributed by atoms with Crippen LogP contribution in [0.2, 0.25) is 0 Å². The van der Waals surface area contributed by atoms with E-state index in [4.69, 9.17) is 4.42 Å². The molecule has 1 aliphatic carbocycles. The van der Waals surface area contributed by atoms with Gasteiger partial charge in [-0.25, -0.2) is 9.37 Å². The van der Waals surface area contributed by atoms with Gasteiger partial charge in [0.1, 0.15) is 11.3 Å². The Morgan fingerprint density at radius 3 is 2.22 bits per heavy atom. The Labute approximate surface area is 216 Å². The Bertz CT molecular complexity index is 1580. The Balaban J connectivity index is 1.41. The molecule has 4 saturated heterocycles. The SMILES string of the molecule is O=C(O)c1ccccc1-c1c2ccc(=[N+]3C4CCC3CC4)cc-2oc2cc(N3C4CCC3CC4)ccc12. The summed E-state index contributed by atoms with van der Waals surface area (Å²) in [5.74, 6) is -0.0822. The quantitative estimate of drug-likeness (QED) is 0.277. The summed E-state index contributed by atoms with van der Waals surface area (Å²) in [5.41, 5.74) is 5.02. The largest absolute Gasteiger partial charge is 0.478 e. The number of hydrogen-bond donors (Lipinski definition) is 1. The predicted molar refractivity (Wildman–Crippen MR) is 145 cm³/mol. The van der Waals surface area contributed by atoms with Crippen molar-refractivity contribution in [2.45, 2.75) is 75.5 Å². The van der Waals surface area contributed by atoms with Crippen molar-refractivity contribution in [2.75, 3.05) is 4.90 Å². The van der Waals surface area contributed by atoms with Crippen LogP contribution >= 0.6 is 0 Å². The van der Waals surface area contributed by atoms with Gasteiger partial charge in [0.2, 0.25) is 5.36 Å². The molecular weight excluding hydrogens is 460 g/mol. The van der Waals surface area contributed by atoms with E-state index in [1.165, 1.54) is 62.4 Å². The number of rotatable bonds is 3. The zero-order valence-electron chi connectivity index (χ0n) is 20.9. The fraction of sp³-hybridized carbons (Fsp3) is 0.375. The molecule has 186 valence electrons. The van der Waals surface area contributed by atoms with Crippen LogP contribution in [0.5, 0.6) is 0 Å². The first kappa shape index (κ1) is 21.5. The van der Waals surface area contributed by atoms with Gasteiger partial charge in [0.15, 0.2) is 12.1 Å². The van der Waals surface area contributed by atoms with Gasteiger partial charge in [-0.3, -0.25) is 0 Å². The predicted octanol–water partition coefficient (Wildman–Crippen LogP) is 6.13. The second-order valence-corrected chi connectivity index (χ2v) is 11.4. The standard InChI is InChI=1S/C32H30N2O3/c35-32(36)26-4-2-1-3-25(26)31-27-15-13-23(33-19-5-6-20(33)8-7-19)17-29(27)37-30-18-24(14-16-28(30)31)34-21-9-10-22(34)12-11-21/h1-4,13-22H,5-12H2/p+1. The first-order chi connectivity index (χ1) is 18.2. The van der Waals surface area contributed by atoms with Gasteiger partial charge in [-0.2, -0.15) is 0 Å². The normalized spacial score (nSPS) is 26.2. The average molecular weight is 492 g/mol. The molecule has 0 atom stereocenters. The highest BCUT2D eigenvalue weighted by atomic mass is 16.4. The minimum Gasteiger partial charge on any atom is -0.478 e. The van der Waals surface area contributed by atoms with E-state index in [9.17, 15) is 9.90 Å². The molecule has 5 aliphatic heterocycles. The van der Waals surface area contributed by atoms with Gasteiger partial charge in [0.05, 0.1) is 11.6 Å². The number of benzene rings is 3. The number of carboxylic acids is 1. The monoisotopic (exact) mass is 491 g/mol. The number of anilines is 1. The molecule has 0 aromatic heterocycles. The van der Waals surface area contributed by atoms with Gasteiger partial charge in [-0.15, -0.1) is 0 Å². The van der Waals surface area contributed by atoms with Crippen LogP contribution in [-0.2, 0) is 0 Å². The maximum absolute atomic E-state index is 12.2. The first-order valence-electron chi connectivity index (χ1n) is 13.9. The summed E-state index contributed by atoms with van der Waals surface area (Å²) in [5, 5.41) is 12.2. The van der Waals surface area contributed by atoms with E-state index in [1.807, 2.05) is 12.1 Å². The highest BCUT2D eigenvalue weighted by molar-refractivity contribution is 6.07. The molecule has 5 nitrogen and oxygen atoms in total. The van der Waals surface area contributed by atoms with E-state index in [-0.39, 0.29) is 0 Å². The highest BCUT2D eigenvalue weighted by Gasteiger charge is 2.44. The number of hydrogen-bond acceptors (Lipinski definition) is 3. The van der Waals surface area contributed by atoms with Crippen molar-refractivity contribution in [1.82, 2.24) is 4.58 Å². The molecule has 0 unspecified atom stereocenters. The summed E-state index contributed by atoms with van der Waals surface area (Å²) < 4.78 is 9.29. The topological polar surface area (TPSA) is 56.7 Å². The van der Waals surface area contributed by atoms with E-state index >= 15 is 0 Å². The summed E-state index contributed by atoms with van der Waals surface area (Å²) in [7, 11) is 0. The molecule has 5 heteroatoms. The summed E-state index contributed by atoms with van der Waals surface area (Å²) in [4.78, 5) is 14.8. The van der Waals surface area contributed by atoms with Gasteiger partial charge >= 0.3 is 5.97 Å². The fourth-order valence-electron chi connectivity index (χ4n) is 8.04. The Morgan fingerprint density at radius 2 is 1.51 bits per heavy atom. The van der Waals surface area contributed by atoms with Gasteiger partial charge in [0.25, 0.3) is 0 Å². The van der Waals surface area contributed by atoms with Crippen LogP contribution in [0.3, 0.4) is 0 Å². The molecule has 8 rings (SSSR count). The van der Waals surface area contributed by atoms with Crippen molar-refractivity contribution in [2.24, 2.45) is 0 Å². The molecule has 1 N–H and O–H groups in total. The number of aromatic carboxylic acids is 1. The van der Waals surface area contributed by atoms with Crippen LogP contribution in [0.4, 0.5) is 5.69 Å². The number of carbonyl (C=O) groups is 1. The van der Waals surface area contributed by atoms with E-state index in [1.54, 1.807) is 12.1 Å². The lowest BCUT2D eigenvalue weighted by Crippen LogP contribution is -2.33. The minimum atomic E-state index is -0.909. The van der Waals surface area contributed by atoms with Crippen LogP contribution in [0.1, 0.15) is 61.7 Å². The van der Waals surface area contributed by atoms with Crippen molar-refractivity contribution in [1.29, 1.82) is 0 Å². The second kappa shape index (κ2) is 7.95. The molecule has 5 heterocycles. The summed E-state index contributed by atoms with van der Waals surface area (Å²) >= 11 is 0. The van der Waals surface area contributed by atoms with Crippen molar-refractivity contribution < 1.29 is 14.3 Å². The van der Waals surface area contributed by atoms with Gasteiger partial charge < -0.3 is 14.4 Å². The Hall–Kier alpha value is -3.60. The molecule has 0 spiro atoms. The third-order valence-electron chi connectivity index (χ3n) is 9.62. The second-order valence-electron chi connectivity index (χ2n) is 11.4. The highest BCUT2D eigenvalue weighted by Crippen LogP contribution is 2.45. The van der Waals surface area contributed by atoms with Crippen LogP contribution in [0, 0.1) is 0 Å². The van der Waals surface area contributed by atoms with Gasteiger partial charge in [-0.1, -0.05) is 18.2 Å². The molecule has 0 radical (unpaired) electrons. The summed E-state index contributed by atoms with van der Waals surface area (Å²) in [6.45, 7) is 0. The van der Waals surface area contributed by atoms with E-state index < -0.39 is 5.97 Å². The third-order valence-corrected chi connectivity index (χ3v) is 9.62. The zero-order chi connectivity index (χ0) is 24.7. The summed E-state index contributed by atoms with van der Waals surface area (Å²) in [6, 6.07) is 23.0.